The fraction of sp³-hybridized carbons (Fsp3) is 0.940. The molecule has 0 heterocycles. The molecule has 0 radical (unpaired) electrons. The van der Waals surface area contributed by atoms with Crippen molar-refractivity contribution >= 4 is 39.5 Å². The molecule has 0 amide bonds. The Balaban J connectivity index is 5.20. The van der Waals surface area contributed by atoms with Crippen LogP contribution in [0.4, 0.5) is 0 Å². The van der Waals surface area contributed by atoms with E-state index in [2.05, 4.69) is 34.6 Å². The van der Waals surface area contributed by atoms with Crippen LogP contribution in [0.15, 0.2) is 0 Å². The summed E-state index contributed by atoms with van der Waals surface area (Å²) in [6.07, 6.45) is 45.8. The standard InChI is InChI=1S/C67H130O17P2/c1-6-9-12-15-18-20-22-24-28-32-36-41-46-51-65(70)78-57-63(84-67(72)53-48-43-38-33-29-26-23-25-27-30-35-39-44-49-60(4)5)59-82-86(75,76)80-55-61(68)54-79-85(73,74)81-58-62(56-77-64(69)50-45-40-34-17-14-11-8-3)83-66(71)52-47-42-37-31-21-19-16-13-10-7-2/h60-63,68H,6-59H2,1-5H3,(H,73,74)(H,75,76)/t61-,62+,63+/m0/s1. The average Bonchev–Trinajstić information content (AvgIpc) is 3.70. The Bertz CT molecular complexity index is 1670. The Morgan fingerprint density at radius 2 is 0.535 bits per heavy atom. The first kappa shape index (κ1) is 84.1. The molecular formula is C67H130O17P2. The van der Waals surface area contributed by atoms with Crippen LogP contribution in [0.3, 0.4) is 0 Å². The minimum atomic E-state index is -4.95. The van der Waals surface area contributed by atoms with E-state index in [4.69, 9.17) is 37.0 Å². The van der Waals surface area contributed by atoms with Gasteiger partial charge in [0.1, 0.15) is 19.3 Å². The maximum absolute atomic E-state index is 13.0. The molecule has 5 atom stereocenters. The fourth-order valence-electron chi connectivity index (χ4n) is 10.1. The minimum absolute atomic E-state index is 0.106. The first-order valence-corrected chi connectivity index (χ1v) is 38.1. The molecule has 0 aromatic rings. The van der Waals surface area contributed by atoms with Crippen molar-refractivity contribution in [3.63, 3.8) is 0 Å². The third-order valence-corrected chi connectivity index (χ3v) is 17.4. The number of phosphoric ester groups is 2. The number of hydrogen-bond donors (Lipinski definition) is 3. The molecule has 0 saturated heterocycles. The molecule has 86 heavy (non-hydrogen) atoms. The Morgan fingerprint density at radius 1 is 0.314 bits per heavy atom. The second-order valence-electron chi connectivity index (χ2n) is 24.7. The molecule has 0 aliphatic rings. The summed E-state index contributed by atoms with van der Waals surface area (Å²) >= 11 is 0. The van der Waals surface area contributed by atoms with Gasteiger partial charge in [0.15, 0.2) is 12.2 Å². The van der Waals surface area contributed by atoms with Crippen molar-refractivity contribution in [1.29, 1.82) is 0 Å². The number of rotatable bonds is 67. The number of carbonyl (C=O) groups is 4. The van der Waals surface area contributed by atoms with Gasteiger partial charge >= 0.3 is 39.5 Å². The molecule has 0 saturated carbocycles. The highest BCUT2D eigenvalue weighted by Gasteiger charge is 2.30. The van der Waals surface area contributed by atoms with Gasteiger partial charge < -0.3 is 33.8 Å². The molecule has 0 aliphatic heterocycles. The lowest BCUT2D eigenvalue weighted by atomic mass is 10.0. The summed E-state index contributed by atoms with van der Waals surface area (Å²) < 4.78 is 68.0. The Kier molecular flexibility index (Phi) is 59.2. The fourth-order valence-corrected chi connectivity index (χ4v) is 11.7. The molecular weight excluding hydrogens is 1140 g/mol. The molecule has 3 N–H and O–H groups in total. The highest BCUT2D eigenvalue weighted by atomic mass is 31.2. The first-order valence-electron chi connectivity index (χ1n) is 35.1. The van der Waals surface area contributed by atoms with Crippen LogP contribution in [-0.2, 0) is 65.4 Å². The highest BCUT2D eigenvalue weighted by Crippen LogP contribution is 2.45. The van der Waals surface area contributed by atoms with E-state index in [1.807, 2.05) is 0 Å². The molecule has 0 spiro atoms. The molecule has 0 aliphatic carbocycles. The van der Waals surface area contributed by atoms with E-state index >= 15 is 0 Å². The van der Waals surface area contributed by atoms with Crippen molar-refractivity contribution < 1.29 is 80.2 Å². The second kappa shape index (κ2) is 60.6. The second-order valence-corrected chi connectivity index (χ2v) is 27.6. The largest absolute Gasteiger partial charge is 0.472 e. The number of aliphatic hydroxyl groups excluding tert-OH is 1. The third-order valence-electron chi connectivity index (χ3n) is 15.5. The zero-order valence-electron chi connectivity index (χ0n) is 55.4. The summed E-state index contributed by atoms with van der Waals surface area (Å²) in [4.78, 5) is 72.2. The summed E-state index contributed by atoms with van der Waals surface area (Å²) in [7, 11) is -9.89. The van der Waals surface area contributed by atoms with Crippen molar-refractivity contribution in [1.82, 2.24) is 0 Å². The summed E-state index contributed by atoms with van der Waals surface area (Å²) in [5.74, 6) is -1.34. The zero-order chi connectivity index (χ0) is 63.5. The molecule has 0 rings (SSSR count). The van der Waals surface area contributed by atoms with Crippen molar-refractivity contribution in [2.24, 2.45) is 5.92 Å². The van der Waals surface area contributed by atoms with Gasteiger partial charge in [0.25, 0.3) is 0 Å². The van der Waals surface area contributed by atoms with Crippen LogP contribution < -0.4 is 0 Å². The molecule has 19 heteroatoms. The molecule has 0 aromatic heterocycles. The first-order chi connectivity index (χ1) is 41.5. The summed E-state index contributed by atoms with van der Waals surface area (Å²) in [5, 5.41) is 10.5. The lowest BCUT2D eigenvalue weighted by Gasteiger charge is -2.21. The van der Waals surface area contributed by atoms with Crippen molar-refractivity contribution in [3.05, 3.63) is 0 Å². The SMILES string of the molecule is CCCCCCCCCCCCCCCC(=O)OC[C@H](COP(=O)(O)OC[C@@H](O)COP(=O)(O)OC[C@@H](COC(=O)CCCCCCCCC)OC(=O)CCCCCCCCCCCC)OC(=O)CCCCCCCCCCCCCCCC(C)C. The summed E-state index contributed by atoms with van der Waals surface area (Å²) in [6.45, 7) is 7.19. The van der Waals surface area contributed by atoms with E-state index in [9.17, 15) is 43.2 Å². The number of ether oxygens (including phenoxy) is 4. The van der Waals surface area contributed by atoms with Crippen LogP contribution >= 0.6 is 15.6 Å². The van der Waals surface area contributed by atoms with Gasteiger partial charge in [-0.15, -0.1) is 0 Å². The van der Waals surface area contributed by atoms with Crippen LogP contribution in [0.25, 0.3) is 0 Å². The Morgan fingerprint density at radius 3 is 0.791 bits per heavy atom. The van der Waals surface area contributed by atoms with Gasteiger partial charge in [-0.1, -0.05) is 291 Å². The summed E-state index contributed by atoms with van der Waals surface area (Å²) in [6, 6.07) is 0. The topological polar surface area (TPSA) is 237 Å². The predicted molar refractivity (Wildman–Crippen MR) is 345 cm³/mol. The van der Waals surface area contributed by atoms with E-state index in [-0.39, 0.29) is 25.7 Å². The third kappa shape index (κ3) is 60.9. The number of aliphatic hydroxyl groups is 1. The lowest BCUT2D eigenvalue weighted by molar-refractivity contribution is -0.161. The predicted octanol–water partition coefficient (Wildman–Crippen LogP) is 19.0. The van der Waals surface area contributed by atoms with E-state index < -0.39 is 97.5 Å². The maximum atomic E-state index is 13.0. The molecule has 2 unspecified atom stereocenters. The number of phosphoric acid groups is 2. The van der Waals surface area contributed by atoms with Gasteiger partial charge in [-0.25, -0.2) is 9.13 Å². The van der Waals surface area contributed by atoms with E-state index in [1.165, 1.54) is 154 Å². The van der Waals surface area contributed by atoms with Crippen molar-refractivity contribution in [3.8, 4) is 0 Å². The highest BCUT2D eigenvalue weighted by molar-refractivity contribution is 7.47. The van der Waals surface area contributed by atoms with Crippen molar-refractivity contribution in [2.75, 3.05) is 39.6 Å². The number of unbranched alkanes of at least 4 members (excludes halogenated alkanes) is 39. The maximum Gasteiger partial charge on any atom is 0.472 e. The van der Waals surface area contributed by atoms with Crippen LogP contribution in [0.2, 0.25) is 0 Å². The quantitative estimate of drug-likeness (QED) is 0.0222. The number of carbonyl (C=O) groups excluding carboxylic acids is 4. The molecule has 0 aromatic carbocycles. The van der Waals surface area contributed by atoms with Crippen LogP contribution in [0, 0.1) is 5.92 Å². The van der Waals surface area contributed by atoms with E-state index in [0.29, 0.717) is 25.7 Å². The molecule has 0 fully saturated rings. The smallest absolute Gasteiger partial charge is 0.462 e. The molecule has 510 valence electrons. The number of hydrogen-bond acceptors (Lipinski definition) is 15. The van der Waals surface area contributed by atoms with Gasteiger partial charge in [0, 0.05) is 25.7 Å². The number of esters is 4. The molecule has 17 nitrogen and oxygen atoms in total. The average molecular weight is 1270 g/mol. The minimum Gasteiger partial charge on any atom is -0.462 e. The lowest BCUT2D eigenvalue weighted by Crippen LogP contribution is -2.30. The zero-order valence-corrected chi connectivity index (χ0v) is 57.2. The van der Waals surface area contributed by atoms with E-state index in [1.54, 1.807) is 0 Å². The monoisotopic (exact) mass is 1270 g/mol. The van der Waals surface area contributed by atoms with Crippen LogP contribution in [-0.4, -0.2) is 96.7 Å². The summed E-state index contributed by atoms with van der Waals surface area (Å²) in [5.41, 5.74) is 0. The van der Waals surface area contributed by atoms with Gasteiger partial charge in [-0.2, -0.15) is 0 Å². The van der Waals surface area contributed by atoms with Gasteiger partial charge in [-0.3, -0.25) is 37.3 Å². The Hall–Kier alpha value is -1.94. The van der Waals surface area contributed by atoms with Crippen LogP contribution in [0.1, 0.15) is 343 Å². The normalized spacial score (nSPS) is 14.2. The van der Waals surface area contributed by atoms with E-state index in [0.717, 1.165) is 109 Å². The van der Waals surface area contributed by atoms with Gasteiger partial charge in [-0.05, 0) is 31.6 Å². The molecule has 0 bridgehead atoms. The van der Waals surface area contributed by atoms with Crippen molar-refractivity contribution in [2.45, 2.75) is 361 Å². The van der Waals surface area contributed by atoms with Crippen LogP contribution in [0.5, 0.6) is 0 Å². The van der Waals surface area contributed by atoms with Gasteiger partial charge in [0.05, 0.1) is 26.4 Å². The Labute approximate surface area is 524 Å². The van der Waals surface area contributed by atoms with Gasteiger partial charge in [0.2, 0.25) is 0 Å².